The molecular weight excluding hydrogens is 485 g/mol. The van der Waals surface area contributed by atoms with Gasteiger partial charge in [-0.05, 0) is 61.4 Å². The number of piperidine rings is 1. The SMILES string of the molecule is CC[C@H](C)[C@H](O)C(=O)N1CCC(c2[nH]n(-c3nc4ccccc4[nH]3)c(=O)c2CCc2ccc(F)cc2)CC1. The molecule has 2 atom stereocenters. The summed E-state index contributed by atoms with van der Waals surface area (Å²) in [6.45, 7) is 4.89. The number of aromatic amines is 2. The van der Waals surface area contributed by atoms with Crippen molar-refractivity contribution in [1.29, 1.82) is 0 Å². The first-order valence-electron chi connectivity index (χ1n) is 13.4. The fourth-order valence-corrected chi connectivity index (χ4v) is 5.23. The molecule has 0 unspecified atom stereocenters. The average Bonchev–Trinajstić information content (AvgIpc) is 3.52. The topological polar surface area (TPSA) is 107 Å². The molecule has 8 nitrogen and oxygen atoms in total. The summed E-state index contributed by atoms with van der Waals surface area (Å²) in [6.07, 6.45) is 2.20. The molecule has 0 spiro atoms. The highest BCUT2D eigenvalue weighted by Crippen LogP contribution is 2.30. The second kappa shape index (κ2) is 10.9. The van der Waals surface area contributed by atoms with Crippen molar-refractivity contribution in [1.82, 2.24) is 24.6 Å². The molecule has 9 heteroatoms. The molecule has 0 bridgehead atoms. The number of rotatable bonds is 8. The van der Waals surface area contributed by atoms with E-state index in [1.165, 1.54) is 16.8 Å². The quantitative estimate of drug-likeness (QED) is 0.326. The Labute approximate surface area is 220 Å². The standard InChI is InChI=1S/C29H34FN5O3/c1-3-18(2)26(36)28(38)34-16-14-20(15-17-34)25-22(13-10-19-8-11-21(30)12-9-19)27(37)35(33-25)29-31-23-6-4-5-7-24(23)32-29/h4-9,11-12,18,20,26,33,36H,3,10,13-17H2,1-2H3,(H,31,32)/t18-,26-/m0/s1. The van der Waals surface area contributed by atoms with Crippen molar-refractivity contribution in [2.75, 3.05) is 13.1 Å². The van der Waals surface area contributed by atoms with Crippen LogP contribution in [0.3, 0.4) is 0 Å². The number of halogens is 1. The van der Waals surface area contributed by atoms with Crippen LogP contribution in [0.2, 0.25) is 0 Å². The van der Waals surface area contributed by atoms with Crippen LogP contribution in [0.1, 0.15) is 55.8 Å². The zero-order valence-electron chi connectivity index (χ0n) is 21.8. The lowest BCUT2D eigenvalue weighted by atomic mass is 9.89. The number of H-pyrrole nitrogens is 2. The fourth-order valence-electron chi connectivity index (χ4n) is 5.23. The van der Waals surface area contributed by atoms with Gasteiger partial charge >= 0.3 is 0 Å². The molecular formula is C29H34FN5O3. The van der Waals surface area contributed by atoms with Gasteiger partial charge in [-0.1, -0.05) is 44.5 Å². The predicted molar refractivity (Wildman–Crippen MR) is 144 cm³/mol. The van der Waals surface area contributed by atoms with Gasteiger partial charge in [0.15, 0.2) is 0 Å². The van der Waals surface area contributed by atoms with Gasteiger partial charge in [-0.25, -0.2) is 9.37 Å². The highest BCUT2D eigenvalue weighted by atomic mass is 19.1. The van der Waals surface area contributed by atoms with Gasteiger partial charge in [-0.15, -0.1) is 0 Å². The maximum atomic E-state index is 13.7. The Bertz CT molecular complexity index is 1430. The zero-order chi connectivity index (χ0) is 26.8. The Morgan fingerprint density at radius 2 is 1.84 bits per heavy atom. The first-order valence-corrected chi connectivity index (χ1v) is 13.4. The monoisotopic (exact) mass is 519 g/mol. The molecule has 0 saturated carbocycles. The molecule has 1 aliphatic rings. The van der Waals surface area contributed by atoms with E-state index in [0.29, 0.717) is 50.3 Å². The smallest absolute Gasteiger partial charge is 0.277 e. The Kier molecular flexibility index (Phi) is 7.46. The number of carbonyl (C=O) groups excluding carboxylic acids is 1. The summed E-state index contributed by atoms with van der Waals surface area (Å²) in [4.78, 5) is 36.0. The van der Waals surface area contributed by atoms with Crippen LogP contribution in [0.25, 0.3) is 17.0 Å². The Balaban J connectivity index is 1.42. The van der Waals surface area contributed by atoms with E-state index < -0.39 is 6.10 Å². The largest absolute Gasteiger partial charge is 0.383 e. The molecule has 1 aliphatic heterocycles. The summed E-state index contributed by atoms with van der Waals surface area (Å²) < 4.78 is 14.9. The average molecular weight is 520 g/mol. The number of fused-ring (bicyclic) bond motifs is 1. The van der Waals surface area contributed by atoms with Crippen molar-refractivity contribution in [3.63, 3.8) is 0 Å². The number of para-hydroxylation sites is 2. The fraction of sp³-hybridized carbons (Fsp3) is 0.414. The summed E-state index contributed by atoms with van der Waals surface area (Å²) in [5.41, 5.74) is 3.93. The summed E-state index contributed by atoms with van der Waals surface area (Å²) >= 11 is 0. The third kappa shape index (κ3) is 5.15. The summed E-state index contributed by atoms with van der Waals surface area (Å²) in [5.74, 6) is -0.116. The number of amides is 1. The lowest BCUT2D eigenvalue weighted by Gasteiger charge is -2.34. The van der Waals surface area contributed by atoms with E-state index in [-0.39, 0.29) is 29.1 Å². The van der Waals surface area contributed by atoms with Crippen LogP contribution in [0.15, 0.2) is 53.3 Å². The third-order valence-corrected chi connectivity index (χ3v) is 7.84. The number of hydrogen-bond donors (Lipinski definition) is 3. The molecule has 1 saturated heterocycles. The molecule has 0 aliphatic carbocycles. The molecule has 3 heterocycles. The van der Waals surface area contributed by atoms with Crippen molar-refractivity contribution in [3.05, 3.63) is 81.5 Å². The van der Waals surface area contributed by atoms with E-state index in [4.69, 9.17) is 0 Å². The van der Waals surface area contributed by atoms with Crippen LogP contribution in [0.4, 0.5) is 4.39 Å². The van der Waals surface area contributed by atoms with Gasteiger partial charge in [0.1, 0.15) is 11.9 Å². The number of imidazole rings is 1. The molecule has 1 fully saturated rings. The Morgan fingerprint density at radius 1 is 1.13 bits per heavy atom. The maximum Gasteiger partial charge on any atom is 0.277 e. The first kappa shape index (κ1) is 25.9. The number of aliphatic hydroxyl groups is 1. The molecule has 3 N–H and O–H groups in total. The lowest BCUT2D eigenvalue weighted by molar-refractivity contribution is -0.143. The second-order valence-corrected chi connectivity index (χ2v) is 10.3. The van der Waals surface area contributed by atoms with Gasteiger partial charge in [-0.3, -0.25) is 14.7 Å². The number of aliphatic hydroxyl groups excluding tert-OH is 1. The van der Waals surface area contributed by atoms with Crippen LogP contribution in [-0.2, 0) is 17.6 Å². The number of likely N-dealkylation sites (tertiary alicyclic amines) is 1. The van der Waals surface area contributed by atoms with E-state index in [2.05, 4.69) is 15.1 Å². The molecule has 1 amide bonds. The number of nitrogens with one attached hydrogen (secondary N) is 2. The van der Waals surface area contributed by atoms with E-state index >= 15 is 0 Å². The van der Waals surface area contributed by atoms with Gasteiger partial charge in [0, 0.05) is 30.3 Å². The molecule has 5 rings (SSSR count). The molecule has 2 aromatic heterocycles. The third-order valence-electron chi connectivity index (χ3n) is 7.84. The zero-order valence-corrected chi connectivity index (χ0v) is 21.8. The van der Waals surface area contributed by atoms with E-state index in [1.807, 2.05) is 38.1 Å². The number of hydrogen-bond acceptors (Lipinski definition) is 4. The van der Waals surface area contributed by atoms with Crippen molar-refractivity contribution < 1.29 is 14.3 Å². The number of benzene rings is 2. The summed E-state index contributed by atoms with van der Waals surface area (Å²) in [5, 5.41) is 13.7. The predicted octanol–water partition coefficient (Wildman–Crippen LogP) is 4.08. The van der Waals surface area contributed by atoms with Crippen LogP contribution in [0.5, 0.6) is 0 Å². The second-order valence-electron chi connectivity index (χ2n) is 10.3. The number of aromatic nitrogens is 4. The lowest BCUT2D eigenvalue weighted by Crippen LogP contribution is -2.45. The number of nitrogens with zero attached hydrogens (tertiary/aromatic N) is 3. The van der Waals surface area contributed by atoms with Crippen LogP contribution in [-0.4, -0.2) is 54.9 Å². The van der Waals surface area contributed by atoms with E-state index in [1.54, 1.807) is 17.0 Å². The first-order chi connectivity index (χ1) is 18.4. The Hall–Kier alpha value is -3.72. The Morgan fingerprint density at radius 3 is 2.53 bits per heavy atom. The van der Waals surface area contributed by atoms with Gasteiger partial charge < -0.3 is 15.0 Å². The van der Waals surface area contributed by atoms with Crippen LogP contribution < -0.4 is 5.56 Å². The minimum absolute atomic E-state index is 0.0568. The summed E-state index contributed by atoms with van der Waals surface area (Å²) in [6, 6.07) is 14.0. The highest BCUT2D eigenvalue weighted by Gasteiger charge is 2.32. The highest BCUT2D eigenvalue weighted by molar-refractivity contribution is 5.81. The van der Waals surface area contributed by atoms with Crippen molar-refractivity contribution in [3.8, 4) is 5.95 Å². The van der Waals surface area contributed by atoms with Crippen molar-refractivity contribution in [2.45, 2.75) is 58.0 Å². The maximum absolute atomic E-state index is 13.7. The van der Waals surface area contributed by atoms with E-state index in [9.17, 15) is 19.1 Å². The van der Waals surface area contributed by atoms with Crippen LogP contribution in [0, 0.1) is 11.7 Å². The van der Waals surface area contributed by atoms with Crippen molar-refractivity contribution in [2.24, 2.45) is 5.92 Å². The minimum atomic E-state index is -0.989. The summed E-state index contributed by atoms with van der Waals surface area (Å²) in [7, 11) is 0. The number of aryl methyl sites for hydroxylation is 1. The minimum Gasteiger partial charge on any atom is -0.383 e. The van der Waals surface area contributed by atoms with Gasteiger partial charge in [0.2, 0.25) is 5.95 Å². The molecule has 0 radical (unpaired) electrons. The molecule has 4 aromatic rings. The molecule has 200 valence electrons. The van der Waals surface area contributed by atoms with Gasteiger partial charge in [0.25, 0.3) is 11.5 Å². The van der Waals surface area contributed by atoms with Crippen molar-refractivity contribution >= 4 is 16.9 Å². The van der Waals surface area contributed by atoms with Gasteiger partial charge in [0.05, 0.1) is 11.0 Å². The normalized spacial score (nSPS) is 16.2. The van der Waals surface area contributed by atoms with E-state index in [0.717, 1.165) is 28.7 Å². The van der Waals surface area contributed by atoms with Gasteiger partial charge in [-0.2, -0.15) is 4.68 Å². The van der Waals surface area contributed by atoms with Crippen LogP contribution >= 0.6 is 0 Å². The number of carbonyl (C=O) groups is 1. The molecule has 2 aromatic carbocycles. The molecule has 38 heavy (non-hydrogen) atoms.